The summed E-state index contributed by atoms with van der Waals surface area (Å²) in [6, 6.07) is 3.99. The van der Waals surface area contributed by atoms with Crippen LogP contribution in [0.1, 0.15) is 28.4 Å². The minimum atomic E-state index is -0.380. The standard InChI is InChI=1S/C16H20N2O3/c1-4-21-16(20)13-9-18-14-11(3)10(2)5-6-12(14)15(13)17-7-8-19/h5-6,9,19H,4,7-8H2,1-3H3,(H,17,18)/p+1. The summed E-state index contributed by atoms with van der Waals surface area (Å²) in [5, 5.41) is 13.1. The number of rotatable bonds is 5. The number of aromatic amines is 1. The van der Waals surface area contributed by atoms with Crippen LogP contribution >= 0.6 is 0 Å². The second-order valence-electron chi connectivity index (χ2n) is 4.88. The molecule has 5 nitrogen and oxygen atoms in total. The molecule has 2 rings (SSSR count). The Balaban J connectivity index is 2.64. The first-order chi connectivity index (χ1) is 10.1. The van der Waals surface area contributed by atoms with E-state index in [1.54, 1.807) is 13.1 Å². The van der Waals surface area contributed by atoms with E-state index >= 15 is 0 Å². The van der Waals surface area contributed by atoms with Crippen molar-refractivity contribution in [3.63, 3.8) is 0 Å². The molecule has 0 atom stereocenters. The van der Waals surface area contributed by atoms with Crippen molar-refractivity contribution in [2.75, 3.05) is 25.1 Å². The summed E-state index contributed by atoms with van der Waals surface area (Å²) >= 11 is 0. The van der Waals surface area contributed by atoms with Gasteiger partial charge in [-0.15, -0.1) is 0 Å². The van der Waals surface area contributed by atoms with E-state index in [0.29, 0.717) is 24.4 Å². The zero-order valence-corrected chi connectivity index (χ0v) is 12.6. The van der Waals surface area contributed by atoms with Crippen molar-refractivity contribution >= 4 is 22.6 Å². The number of carbonyl (C=O) groups excluding carboxylic acids is 1. The maximum absolute atomic E-state index is 12.1. The molecule has 1 heterocycles. The number of anilines is 1. The van der Waals surface area contributed by atoms with Crippen molar-refractivity contribution in [3.05, 3.63) is 35.0 Å². The van der Waals surface area contributed by atoms with Crippen molar-refractivity contribution in [1.29, 1.82) is 0 Å². The Kier molecular flexibility index (Phi) is 4.75. The van der Waals surface area contributed by atoms with E-state index in [4.69, 9.17) is 9.84 Å². The Labute approximate surface area is 124 Å². The molecule has 0 amide bonds. The monoisotopic (exact) mass is 289 g/mol. The molecule has 0 spiro atoms. The van der Waals surface area contributed by atoms with Crippen LogP contribution in [0.25, 0.3) is 10.9 Å². The van der Waals surface area contributed by atoms with Crippen LogP contribution in [0.2, 0.25) is 0 Å². The Morgan fingerprint density at radius 1 is 1.38 bits per heavy atom. The quantitative estimate of drug-likeness (QED) is 0.824. The van der Waals surface area contributed by atoms with Crippen molar-refractivity contribution < 1.29 is 19.6 Å². The van der Waals surface area contributed by atoms with Crippen LogP contribution in [0.15, 0.2) is 18.3 Å². The number of aliphatic hydroxyl groups is 1. The highest BCUT2D eigenvalue weighted by Gasteiger charge is 2.21. The van der Waals surface area contributed by atoms with E-state index in [-0.39, 0.29) is 12.6 Å². The third kappa shape index (κ3) is 2.97. The summed E-state index contributed by atoms with van der Waals surface area (Å²) < 4.78 is 5.09. The van der Waals surface area contributed by atoms with Gasteiger partial charge in [0.1, 0.15) is 5.56 Å². The molecule has 3 N–H and O–H groups in total. The molecule has 0 aliphatic heterocycles. The van der Waals surface area contributed by atoms with Crippen LogP contribution in [0.3, 0.4) is 0 Å². The Bertz CT molecular complexity index is 668. The smallest absolute Gasteiger partial charge is 0.346 e. The maximum atomic E-state index is 12.1. The average molecular weight is 289 g/mol. The zero-order chi connectivity index (χ0) is 15.4. The van der Waals surface area contributed by atoms with Gasteiger partial charge in [-0.2, -0.15) is 0 Å². The third-order valence-corrected chi connectivity index (χ3v) is 3.54. The fourth-order valence-corrected chi connectivity index (χ4v) is 2.31. The number of aliphatic hydroxyl groups excluding tert-OH is 1. The van der Waals surface area contributed by atoms with Gasteiger partial charge in [-0.3, -0.25) is 0 Å². The Morgan fingerprint density at radius 2 is 2.14 bits per heavy atom. The molecule has 1 aromatic heterocycles. The first kappa shape index (κ1) is 15.3. The number of fused-ring (bicyclic) bond motifs is 1. The van der Waals surface area contributed by atoms with Gasteiger partial charge in [0.15, 0.2) is 6.20 Å². The predicted molar refractivity (Wildman–Crippen MR) is 81.5 cm³/mol. The van der Waals surface area contributed by atoms with Crippen LogP contribution in [0.5, 0.6) is 0 Å². The summed E-state index contributed by atoms with van der Waals surface area (Å²) in [5.41, 5.74) is 4.43. The molecule has 1 aromatic carbocycles. The number of hydrogen-bond acceptors (Lipinski definition) is 4. The van der Waals surface area contributed by atoms with Gasteiger partial charge in [0.25, 0.3) is 0 Å². The number of benzene rings is 1. The third-order valence-electron chi connectivity index (χ3n) is 3.54. The molecule has 2 aromatic rings. The average Bonchev–Trinajstić information content (AvgIpc) is 2.48. The first-order valence-corrected chi connectivity index (χ1v) is 7.06. The highest BCUT2D eigenvalue weighted by Crippen LogP contribution is 2.28. The number of aryl methyl sites for hydroxylation is 2. The van der Waals surface area contributed by atoms with Crippen LogP contribution in [0.4, 0.5) is 5.69 Å². The molecular weight excluding hydrogens is 268 g/mol. The Hall–Kier alpha value is -2.14. The van der Waals surface area contributed by atoms with Gasteiger partial charge in [-0.25, -0.2) is 9.78 Å². The number of pyridine rings is 1. The van der Waals surface area contributed by atoms with Crippen LogP contribution in [0, 0.1) is 13.8 Å². The second-order valence-corrected chi connectivity index (χ2v) is 4.88. The van der Waals surface area contributed by atoms with Gasteiger partial charge < -0.3 is 15.2 Å². The fraction of sp³-hybridized carbons (Fsp3) is 0.375. The van der Waals surface area contributed by atoms with Gasteiger partial charge >= 0.3 is 5.97 Å². The lowest BCUT2D eigenvalue weighted by Crippen LogP contribution is -2.18. The van der Waals surface area contributed by atoms with Crippen molar-refractivity contribution in [2.24, 2.45) is 0 Å². The van der Waals surface area contributed by atoms with Gasteiger partial charge in [0.05, 0.1) is 24.3 Å². The highest BCUT2D eigenvalue weighted by molar-refractivity contribution is 6.04. The van der Waals surface area contributed by atoms with Gasteiger partial charge in [-0.05, 0) is 32.4 Å². The van der Waals surface area contributed by atoms with E-state index in [1.807, 2.05) is 26.0 Å². The summed E-state index contributed by atoms with van der Waals surface area (Å²) in [4.78, 5) is 15.3. The van der Waals surface area contributed by atoms with Gasteiger partial charge in [0.2, 0.25) is 5.52 Å². The van der Waals surface area contributed by atoms with Gasteiger partial charge in [-0.1, -0.05) is 6.07 Å². The number of nitrogens with one attached hydrogen (secondary N) is 2. The van der Waals surface area contributed by atoms with E-state index < -0.39 is 0 Å². The molecule has 0 bridgehead atoms. The molecule has 5 heteroatoms. The second kappa shape index (κ2) is 6.54. The summed E-state index contributed by atoms with van der Waals surface area (Å²) in [6.07, 6.45) is 1.66. The number of hydrogen-bond donors (Lipinski definition) is 2. The van der Waals surface area contributed by atoms with E-state index in [0.717, 1.165) is 16.5 Å². The topological polar surface area (TPSA) is 72.7 Å². The largest absolute Gasteiger partial charge is 0.462 e. The number of H-pyrrole nitrogens is 1. The Morgan fingerprint density at radius 3 is 2.81 bits per heavy atom. The summed E-state index contributed by atoms with van der Waals surface area (Å²) in [7, 11) is 0. The number of ether oxygens (including phenoxy) is 1. The lowest BCUT2D eigenvalue weighted by molar-refractivity contribution is -0.345. The predicted octanol–water partition coefficient (Wildman–Crippen LogP) is 1.85. The minimum Gasteiger partial charge on any atom is -0.462 e. The lowest BCUT2D eigenvalue weighted by Gasteiger charge is -2.12. The van der Waals surface area contributed by atoms with Crippen LogP contribution in [-0.2, 0) is 4.74 Å². The molecule has 0 aliphatic carbocycles. The van der Waals surface area contributed by atoms with Crippen LogP contribution in [-0.4, -0.2) is 30.8 Å². The number of esters is 1. The first-order valence-electron chi connectivity index (χ1n) is 7.06. The molecule has 0 unspecified atom stereocenters. The molecule has 0 radical (unpaired) electrons. The maximum Gasteiger partial charge on any atom is 0.346 e. The van der Waals surface area contributed by atoms with E-state index in [1.165, 1.54) is 5.56 Å². The fourth-order valence-electron chi connectivity index (χ4n) is 2.31. The molecule has 112 valence electrons. The molecule has 0 saturated heterocycles. The molecular formula is C16H21N2O3+. The SMILES string of the molecule is CCOC(=O)c1c[nH+]c2c(C)c(C)ccc2c1NCCO. The summed E-state index contributed by atoms with van der Waals surface area (Å²) in [5.74, 6) is -0.380. The van der Waals surface area contributed by atoms with E-state index in [2.05, 4.69) is 10.3 Å². The van der Waals surface area contributed by atoms with Gasteiger partial charge in [0, 0.05) is 12.1 Å². The highest BCUT2D eigenvalue weighted by atomic mass is 16.5. The molecule has 21 heavy (non-hydrogen) atoms. The van der Waals surface area contributed by atoms with Crippen molar-refractivity contribution in [2.45, 2.75) is 20.8 Å². The van der Waals surface area contributed by atoms with Crippen molar-refractivity contribution in [1.82, 2.24) is 0 Å². The van der Waals surface area contributed by atoms with Crippen LogP contribution < -0.4 is 10.3 Å². The van der Waals surface area contributed by atoms with E-state index in [9.17, 15) is 4.79 Å². The molecule has 0 fully saturated rings. The van der Waals surface area contributed by atoms with Crippen molar-refractivity contribution in [3.8, 4) is 0 Å². The zero-order valence-electron chi connectivity index (χ0n) is 12.6. The lowest BCUT2D eigenvalue weighted by atomic mass is 10.0. The number of carbonyl (C=O) groups is 1. The molecule has 0 saturated carbocycles. The number of aromatic nitrogens is 1. The molecule has 0 aliphatic rings. The minimum absolute atomic E-state index is 0.00674. The summed E-state index contributed by atoms with van der Waals surface area (Å²) in [6.45, 7) is 6.54. The normalized spacial score (nSPS) is 10.7.